The molecule has 1 aliphatic heterocycles. The quantitative estimate of drug-likeness (QED) is 0.337. The van der Waals surface area contributed by atoms with Crippen LogP contribution in [0.15, 0.2) is 24.3 Å². The first-order valence-corrected chi connectivity index (χ1v) is 6.25. The number of nitro benzene ring substituents is 1. The van der Waals surface area contributed by atoms with Gasteiger partial charge in [0, 0.05) is 17.8 Å². The van der Waals surface area contributed by atoms with Gasteiger partial charge >= 0.3 is 0 Å². The summed E-state index contributed by atoms with van der Waals surface area (Å²) in [5, 5.41) is 51.3. The zero-order chi connectivity index (χ0) is 15.6. The van der Waals surface area contributed by atoms with Gasteiger partial charge in [0.15, 0.2) is 6.23 Å². The van der Waals surface area contributed by atoms with Crippen LogP contribution in [0.5, 0.6) is 0 Å². The van der Waals surface area contributed by atoms with Crippen LogP contribution in [0.25, 0.3) is 0 Å². The van der Waals surface area contributed by atoms with Crippen LogP contribution in [-0.4, -0.2) is 62.6 Å². The number of non-ortho nitro benzene ring substituents is 1. The Morgan fingerprint density at radius 1 is 1.38 bits per heavy atom. The van der Waals surface area contributed by atoms with E-state index in [-0.39, 0.29) is 5.69 Å². The topological polar surface area (TPSA) is 145 Å². The van der Waals surface area contributed by atoms with Gasteiger partial charge < -0.3 is 30.5 Å². The summed E-state index contributed by atoms with van der Waals surface area (Å²) in [5.74, 6) is 0. The molecule has 116 valence electrons. The van der Waals surface area contributed by atoms with Crippen molar-refractivity contribution < 1.29 is 30.1 Å². The van der Waals surface area contributed by atoms with Gasteiger partial charge in [-0.2, -0.15) is 0 Å². The van der Waals surface area contributed by atoms with Crippen LogP contribution >= 0.6 is 0 Å². The summed E-state index contributed by atoms with van der Waals surface area (Å²) in [6.07, 6.45) is -6.29. The lowest BCUT2D eigenvalue weighted by Gasteiger charge is -2.19. The third kappa shape index (κ3) is 3.28. The number of rotatable bonds is 5. The van der Waals surface area contributed by atoms with E-state index in [1.165, 1.54) is 24.3 Å². The van der Waals surface area contributed by atoms with Crippen molar-refractivity contribution in [1.29, 1.82) is 0 Å². The van der Waals surface area contributed by atoms with Gasteiger partial charge in [0.1, 0.15) is 24.4 Å². The number of aliphatic hydroxyl groups is 4. The molecule has 5 atom stereocenters. The summed E-state index contributed by atoms with van der Waals surface area (Å²) in [7, 11) is 0. The predicted octanol–water partition coefficient (Wildman–Crippen LogP) is -1.19. The number of ether oxygens (including phenoxy) is 1. The molecule has 9 heteroatoms. The molecule has 0 saturated carbocycles. The molecule has 0 amide bonds. The van der Waals surface area contributed by atoms with Crippen LogP contribution < -0.4 is 5.32 Å². The number of nitrogens with one attached hydrogen (secondary N) is 1. The average Bonchev–Trinajstić information content (AvgIpc) is 2.75. The molecule has 1 aliphatic rings. The van der Waals surface area contributed by atoms with Gasteiger partial charge in [0.2, 0.25) is 0 Å². The fourth-order valence-corrected chi connectivity index (χ4v) is 2.12. The summed E-state index contributed by atoms with van der Waals surface area (Å²) >= 11 is 0. The van der Waals surface area contributed by atoms with E-state index in [2.05, 4.69) is 5.32 Å². The van der Waals surface area contributed by atoms with Gasteiger partial charge in [-0.25, -0.2) is 0 Å². The van der Waals surface area contributed by atoms with Gasteiger partial charge in [-0.05, 0) is 6.07 Å². The van der Waals surface area contributed by atoms with Crippen LogP contribution in [0, 0.1) is 10.1 Å². The molecular formula is C12H16N2O7. The zero-order valence-corrected chi connectivity index (χ0v) is 10.9. The SMILES string of the molecule is O=[N+]([O-])c1cccc(N[C@@H]2O[C@H]([C@H](O)CO)[C@H](O)[C@@H]2O)c1. The van der Waals surface area contributed by atoms with Crippen molar-refractivity contribution in [3.63, 3.8) is 0 Å². The smallest absolute Gasteiger partial charge is 0.271 e. The molecule has 1 saturated heterocycles. The molecule has 9 nitrogen and oxygen atoms in total. The first-order chi connectivity index (χ1) is 9.93. The fraction of sp³-hybridized carbons (Fsp3) is 0.500. The largest absolute Gasteiger partial charge is 0.394 e. The van der Waals surface area contributed by atoms with E-state index in [0.717, 1.165) is 0 Å². The van der Waals surface area contributed by atoms with E-state index in [4.69, 9.17) is 9.84 Å². The molecule has 0 radical (unpaired) electrons. The van der Waals surface area contributed by atoms with Crippen LogP contribution in [0.2, 0.25) is 0 Å². The maximum atomic E-state index is 10.7. The Morgan fingerprint density at radius 3 is 2.71 bits per heavy atom. The highest BCUT2D eigenvalue weighted by atomic mass is 16.6. The van der Waals surface area contributed by atoms with E-state index in [1.54, 1.807) is 0 Å². The predicted molar refractivity (Wildman–Crippen MR) is 70.5 cm³/mol. The second-order valence-electron chi connectivity index (χ2n) is 4.70. The number of nitro groups is 1. The molecule has 2 rings (SSSR count). The second kappa shape index (κ2) is 6.33. The zero-order valence-electron chi connectivity index (χ0n) is 10.9. The number of benzene rings is 1. The highest BCUT2D eigenvalue weighted by Crippen LogP contribution is 2.26. The lowest BCUT2D eigenvalue weighted by Crippen LogP contribution is -2.40. The lowest BCUT2D eigenvalue weighted by molar-refractivity contribution is -0.384. The normalized spacial score (nSPS) is 30.1. The fourth-order valence-electron chi connectivity index (χ4n) is 2.12. The molecule has 1 aromatic carbocycles. The Morgan fingerprint density at radius 2 is 2.10 bits per heavy atom. The third-order valence-corrected chi connectivity index (χ3v) is 3.23. The maximum absolute atomic E-state index is 10.7. The minimum Gasteiger partial charge on any atom is -0.394 e. The first-order valence-electron chi connectivity index (χ1n) is 6.25. The Labute approximate surface area is 119 Å². The molecule has 0 spiro atoms. The molecule has 0 bridgehead atoms. The Balaban J connectivity index is 2.09. The van der Waals surface area contributed by atoms with Crippen LogP contribution in [0.3, 0.4) is 0 Å². The number of aliphatic hydroxyl groups excluding tert-OH is 4. The summed E-state index contributed by atoms with van der Waals surface area (Å²) in [4.78, 5) is 10.1. The number of hydrogen-bond acceptors (Lipinski definition) is 8. The summed E-state index contributed by atoms with van der Waals surface area (Å²) in [6.45, 7) is -0.627. The molecule has 21 heavy (non-hydrogen) atoms. The van der Waals surface area contributed by atoms with Crippen LogP contribution in [-0.2, 0) is 4.74 Å². The van der Waals surface area contributed by atoms with E-state index in [9.17, 15) is 25.4 Å². The first kappa shape index (κ1) is 15.6. The van der Waals surface area contributed by atoms with E-state index >= 15 is 0 Å². The Kier molecular flexibility index (Phi) is 4.70. The van der Waals surface area contributed by atoms with Gasteiger partial charge in [-0.3, -0.25) is 10.1 Å². The van der Waals surface area contributed by atoms with Crippen molar-refractivity contribution >= 4 is 11.4 Å². The average molecular weight is 300 g/mol. The van der Waals surface area contributed by atoms with Crippen molar-refractivity contribution in [3.8, 4) is 0 Å². The van der Waals surface area contributed by atoms with E-state index in [0.29, 0.717) is 5.69 Å². The molecule has 1 fully saturated rings. The van der Waals surface area contributed by atoms with E-state index in [1.807, 2.05) is 0 Å². The monoisotopic (exact) mass is 300 g/mol. The summed E-state index contributed by atoms with van der Waals surface area (Å²) in [6, 6.07) is 5.55. The molecular weight excluding hydrogens is 284 g/mol. The maximum Gasteiger partial charge on any atom is 0.271 e. The molecule has 1 heterocycles. The molecule has 0 unspecified atom stereocenters. The van der Waals surface area contributed by atoms with Gasteiger partial charge in [0.25, 0.3) is 5.69 Å². The minimum atomic E-state index is -1.39. The standard InChI is InChI=1S/C12H16N2O7/c15-5-8(16)11-9(17)10(18)12(21-11)13-6-2-1-3-7(4-6)14(19)20/h1-4,8-13,15-18H,5H2/t8-,9-,10+,11-,12-/m1/s1. The third-order valence-electron chi connectivity index (χ3n) is 3.23. The van der Waals surface area contributed by atoms with Crippen molar-refractivity contribution in [1.82, 2.24) is 0 Å². The minimum absolute atomic E-state index is 0.139. The summed E-state index contributed by atoms with van der Waals surface area (Å²) < 4.78 is 5.25. The second-order valence-corrected chi connectivity index (χ2v) is 4.70. The lowest BCUT2D eigenvalue weighted by atomic mass is 10.1. The molecule has 0 aliphatic carbocycles. The van der Waals surface area contributed by atoms with Crippen LogP contribution in [0.1, 0.15) is 0 Å². The van der Waals surface area contributed by atoms with Crippen LogP contribution in [0.4, 0.5) is 11.4 Å². The van der Waals surface area contributed by atoms with E-state index < -0.39 is 42.2 Å². The van der Waals surface area contributed by atoms with Gasteiger partial charge in [0.05, 0.1) is 11.5 Å². The molecule has 5 N–H and O–H groups in total. The van der Waals surface area contributed by atoms with Crippen molar-refractivity contribution in [2.45, 2.75) is 30.6 Å². The number of anilines is 1. The van der Waals surface area contributed by atoms with Gasteiger partial charge in [-0.1, -0.05) is 6.07 Å². The highest BCUT2D eigenvalue weighted by molar-refractivity contribution is 5.51. The number of nitrogens with zero attached hydrogens (tertiary/aromatic N) is 1. The molecule has 1 aromatic rings. The Bertz CT molecular complexity index is 512. The number of hydrogen-bond donors (Lipinski definition) is 5. The highest BCUT2D eigenvalue weighted by Gasteiger charge is 2.45. The van der Waals surface area contributed by atoms with Crippen molar-refractivity contribution in [2.24, 2.45) is 0 Å². The van der Waals surface area contributed by atoms with Gasteiger partial charge in [-0.15, -0.1) is 0 Å². The van der Waals surface area contributed by atoms with Crippen molar-refractivity contribution in [2.75, 3.05) is 11.9 Å². The Hall–Kier alpha value is -1.78. The molecule has 0 aromatic heterocycles. The summed E-state index contributed by atoms with van der Waals surface area (Å²) in [5.41, 5.74) is 0.180. The van der Waals surface area contributed by atoms with Crippen molar-refractivity contribution in [3.05, 3.63) is 34.4 Å².